The topological polar surface area (TPSA) is 18.5 Å². The fourth-order valence-electron chi connectivity index (χ4n) is 2.50. The second kappa shape index (κ2) is 6.91. The van der Waals surface area contributed by atoms with Gasteiger partial charge >= 0.3 is 0 Å². The van der Waals surface area contributed by atoms with Crippen molar-refractivity contribution < 1.29 is 0 Å². The van der Waals surface area contributed by atoms with E-state index in [1.807, 2.05) is 19.2 Å². The van der Waals surface area contributed by atoms with Gasteiger partial charge in [0.25, 0.3) is 0 Å². The largest absolute Gasteiger partial charge is 0.318 e. The summed E-state index contributed by atoms with van der Waals surface area (Å²) in [5.41, 5.74) is 1.23. The standard InChI is InChI=1S/C14H21Cl2N3/c1-17-10-14(19-7-5-18(2)6-8-19)11-3-4-12(15)13(16)9-11/h3-4,9,14,17H,5-8,10H2,1-2H3. The third kappa shape index (κ3) is 3.83. The first-order valence-corrected chi connectivity index (χ1v) is 7.39. The summed E-state index contributed by atoms with van der Waals surface area (Å²) in [5.74, 6) is 0. The van der Waals surface area contributed by atoms with Crippen molar-refractivity contribution in [2.24, 2.45) is 0 Å². The molecule has 3 nitrogen and oxygen atoms in total. The predicted molar refractivity (Wildman–Crippen MR) is 82.2 cm³/mol. The van der Waals surface area contributed by atoms with Gasteiger partial charge in [0.15, 0.2) is 0 Å². The summed E-state index contributed by atoms with van der Waals surface area (Å²) in [7, 11) is 4.16. The van der Waals surface area contributed by atoms with Crippen molar-refractivity contribution in [2.75, 3.05) is 46.8 Å². The van der Waals surface area contributed by atoms with E-state index in [1.54, 1.807) is 0 Å². The normalized spacial score (nSPS) is 19.6. The first-order chi connectivity index (χ1) is 9.11. The lowest BCUT2D eigenvalue weighted by Crippen LogP contribution is -2.47. The molecule has 1 aliphatic rings. The van der Waals surface area contributed by atoms with Crippen molar-refractivity contribution >= 4 is 23.2 Å². The molecule has 1 aromatic carbocycles. The van der Waals surface area contributed by atoms with E-state index >= 15 is 0 Å². The zero-order chi connectivity index (χ0) is 13.8. The van der Waals surface area contributed by atoms with Crippen LogP contribution in [-0.4, -0.2) is 56.6 Å². The van der Waals surface area contributed by atoms with Crippen LogP contribution in [-0.2, 0) is 0 Å². The van der Waals surface area contributed by atoms with Gasteiger partial charge in [-0.15, -0.1) is 0 Å². The highest BCUT2D eigenvalue weighted by atomic mass is 35.5. The fraction of sp³-hybridized carbons (Fsp3) is 0.571. The fourth-order valence-corrected chi connectivity index (χ4v) is 2.81. The summed E-state index contributed by atoms with van der Waals surface area (Å²) in [6.07, 6.45) is 0. The maximum absolute atomic E-state index is 6.14. The molecular weight excluding hydrogens is 281 g/mol. The number of halogens is 2. The van der Waals surface area contributed by atoms with Crippen LogP contribution in [0.4, 0.5) is 0 Å². The molecule has 0 aromatic heterocycles. The van der Waals surface area contributed by atoms with Crippen LogP contribution in [0.5, 0.6) is 0 Å². The summed E-state index contributed by atoms with van der Waals surface area (Å²) in [6.45, 7) is 5.32. The van der Waals surface area contributed by atoms with Crippen molar-refractivity contribution in [2.45, 2.75) is 6.04 Å². The van der Waals surface area contributed by atoms with E-state index in [-0.39, 0.29) is 0 Å². The number of rotatable bonds is 4. The molecule has 19 heavy (non-hydrogen) atoms. The van der Waals surface area contributed by atoms with E-state index in [1.165, 1.54) is 5.56 Å². The van der Waals surface area contributed by atoms with Crippen molar-refractivity contribution in [3.63, 3.8) is 0 Å². The first-order valence-electron chi connectivity index (χ1n) is 6.64. The number of benzene rings is 1. The van der Waals surface area contributed by atoms with Crippen LogP contribution in [0, 0.1) is 0 Å². The van der Waals surface area contributed by atoms with Crippen LogP contribution in [0.25, 0.3) is 0 Å². The molecule has 0 saturated carbocycles. The highest BCUT2D eigenvalue weighted by molar-refractivity contribution is 6.42. The predicted octanol–water partition coefficient (Wildman–Crippen LogP) is 2.50. The molecule has 0 bridgehead atoms. The minimum absolute atomic E-state index is 0.355. The molecule has 2 rings (SSSR count). The zero-order valence-electron chi connectivity index (χ0n) is 11.5. The third-order valence-electron chi connectivity index (χ3n) is 3.70. The van der Waals surface area contributed by atoms with Crippen LogP contribution in [0.3, 0.4) is 0 Å². The van der Waals surface area contributed by atoms with Crippen LogP contribution < -0.4 is 5.32 Å². The number of nitrogens with zero attached hydrogens (tertiary/aromatic N) is 2. The zero-order valence-corrected chi connectivity index (χ0v) is 13.0. The third-order valence-corrected chi connectivity index (χ3v) is 4.44. The van der Waals surface area contributed by atoms with Gasteiger partial charge in [-0.1, -0.05) is 29.3 Å². The molecule has 1 N–H and O–H groups in total. The van der Waals surface area contributed by atoms with Crippen molar-refractivity contribution in [1.82, 2.24) is 15.1 Å². The SMILES string of the molecule is CNCC(c1ccc(Cl)c(Cl)c1)N1CCN(C)CC1. The molecule has 1 unspecified atom stereocenters. The molecule has 1 fully saturated rings. The van der Waals surface area contributed by atoms with E-state index < -0.39 is 0 Å². The number of piperazine rings is 1. The molecule has 5 heteroatoms. The quantitative estimate of drug-likeness (QED) is 0.922. The van der Waals surface area contributed by atoms with E-state index in [2.05, 4.69) is 28.2 Å². The Morgan fingerprint density at radius 1 is 1.16 bits per heavy atom. The number of nitrogens with one attached hydrogen (secondary N) is 1. The smallest absolute Gasteiger partial charge is 0.0595 e. The lowest BCUT2D eigenvalue weighted by molar-refractivity contribution is 0.111. The van der Waals surface area contributed by atoms with Crippen molar-refractivity contribution in [3.8, 4) is 0 Å². The number of likely N-dealkylation sites (N-methyl/N-ethyl adjacent to an activating group) is 2. The molecule has 106 valence electrons. The Hall–Kier alpha value is -0.320. The maximum Gasteiger partial charge on any atom is 0.0595 e. The van der Waals surface area contributed by atoms with Crippen LogP contribution in [0.2, 0.25) is 10.0 Å². The molecule has 1 aromatic rings. The Labute approximate surface area is 125 Å². The average Bonchev–Trinajstić information content (AvgIpc) is 2.41. The Morgan fingerprint density at radius 3 is 2.42 bits per heavy atom. The Morgan fingerprint density at radius 2 is 1.84 bits per heavy atom. The maximum atomic E-state index is 6.14. The second-order valence-electron chi connectivity index (χ2n) is 5.09. The van der Waals surface area contributed by atoms with Gasteiger partial charge in [0, 0.05) is 38.8 Å². The Kier molecular flexibility index (Phi) is 5.48. The molecule has 0 aliphatic carbocycles. The van der Waals surface area contributed by atoms with Gasteiger partial charge in [-0.25, -0.2) is 0 Å². The van der Waals surface area contributed by atoms with Gasteiger partial charge in [0.2, 0.25) is 0 Å². The van der Waals surface area contributed by atoms with Crippen LogP contribution in [0.15, 0.2) is 18.2 Å². The highest BCUT2D eigenvalue weighted by Gasteiger charge is 2.23. The summed E-state index contributed by atoms with van der Waals surface area (Å²) in [4.78, 5) is 4.87. The minimum atomic E-state index is 0.355. The van der Waals surface area contributed by atoms with Gasteiger partial charge in [0.1, 0.15) is 0 Å². The van der Waals surface area contributed by atoms with Gasteiger partial charge in [0.05, 0.1) is 10.0 Å². The number of hydrogen-bond acceptors (Lipinski definition) is 3. The first kappa shape index (κ1) is 15.1. The van der Waals surface area contributed by atoms with E-state index in [4.69, 9.17) is 23.2 Å². The van der Waals surface area contributed by atoms with Crippen LogP contribution in [0.1, 0.15) is 11.6 Å². The summed E-state index contributed by atoms with van der Waals surface area (Å²) in [6, 6.07) is 6.31. The minimum Gasteiger partial charge on any atom is -0.318 e. The molecular formula is C14H21Cl2N3. The highest BCUT2D eigenvalue weighted by Crippen LogP contribution is 2.28. The molecule has 1 saturated heterocycles. The van der Waals surface area contributed by atoms with E-state index in [0.29, 0.717) is 16.1 Å². The van der Waals surface area contributed by atoms with Crippen molar-refractivity contribution in [3.05, 3.63) is 33.8 Å². The summed E-state index contributed by atoms with van der Waals surface area (Å²) in [5, 5.41) is 4.53. The second-order valence-corrected chi connectivity index (χ2v) is 5.90. The molecule has 0 spiro atoms. The summed E-state index contributed by atoms with van der Waals surface area (Å²) >= 11 is 12.1. The Balaban J connectivity index is 2.16. The number of hydrogen-bond donors (Lipinski definition) is 1. The molecule has 1 atom stereocenters. The molecule has 1 heterocycles. The molecule has 1 aliphatic heterocycles. The lowest BCUT2D eigenvalue weighted by Gasteiger charge is -2.38. The molecule has 0 radical (unpaired) electrons. The lowest BCUT2D eigenvalue weighted by atomic mass is 10.0. The van der Waals surface area contributed by atoms with Gasteiger partial charge in [-0.05, 0) is 31.8 Å². The average molecular weight is 302 g/mol. The summed E-state index contributed by atoms with van der Waals surface area (Å²) < 4.78 is 0. The van der Waals surface area contributed by atoms with Gasteiger partial charge < -0.3 is 10.2 Å². The Bertz CT molecular complexity index is 417. The van der Waals surface area contributed by atoms with Crippen LogP contribution >= 0.6 is 23.2 Å². The van der Waals surface area contributed by atoms with Crippen molar-refractivity contribution in [1.29, 1.82) is 0 Å². The molecule has 0 amide bonds. The van der Waals surface area contributed by atoms with Gasteiger partial charge in [-0.2, -0.15) is 0 Å². The monoisotopic (exact) mass is 301 g/mol. The van der Waals surface area contributed by atoms with Gasteiger partial charge in [-0.3, -0.25) is 4.90 Å². The van der Waals surface area contributed by atoms with E-state index in [0.717, 1.165) is 32.7 Å². The van der Waals surface area contributed by atoms with E-state index in [9.17, 15) is 0 Å².